The van der Waals surface area contributed by atoms with Crippen molar-refractivity contribution in [1.82, 2.24) is 4.98 Å². The Kier molecular flexibility index (Phi) is 3.63. The van der Waals surface area contributed by atoms with Gasteiger partial charge in [0.05, 0.1) is 16.6 Å². The highest BCUT2D eigenvalue weighted by Gasteiger charge is 2.38. The van der Waals surface area contributed by atoms with Crippen molar-refractivity contribution in [3.63, 3.8) is 0 Å². The van der Waals surface area contributed by atoms with Gasteiger partial charge in [0, 0.05) is 11.6 Å². The lowest BCUT2D eigenvalue weighted by Crippen LogP contribution is -2.17. The number of alkyl halides is 6. The number of hydrogen-bond donors (Lipinski definition) is 1. The maximum Gasteiger partial charge on any atom is 0.573 e. The summed E-state index contributed by atoms with van der Waals surface area (Å²) in [4.78, 5) is 14.4. The van der Waals surface area contributed by atoms with Gasteiger partial charge in [-0.25, -0.2) is 4.79 Å². The Bertz CT molecular complexity index is 738. The molecule has 0 radical (unpaired) electrons. The van der Waals surface area contributed by atoms with Gasteiger partial charge in [-0.15, -0.1) is 13.2 Å². The first-order valence-corrected chi connectivity index (χ1v) is 5.48. The minimum absolute atomic E-state index is 0.313. The fourth-order valence-electron chi connectivity index (χ4n) is 1.84. The van der Waals surface area contributed by atoms with Crippen LogP contribution in [0, 0.1) is 0 Å². The summed E-state index contributed by atoms with van der Waals surface area (Å²) in [6.07, 6.45) is -9.69. The molecular weight excluding hydrogens is 320 g/mol. The molecule has 0 saturated carbocycles. The molecule has 0 fully saturated rings. The summed E-state index contributed by atoms with van der Waals surface area (Å²) in [6, 6.07) is 2.10. The third kappa shape index (κ3) is 3.21. The lowest BCUT2D eigenvalue weighted by atomic mass is 10.0. The van der Waals surface area contributed by atoms with Crippen molar-refractivity contribution in [2.24, 2.45) is 0 Å². The zero-order chi connectivity index (χ0) is 16.7. The van der Waals surface area contributed by atoms with Crippen LogP contribution in [0.3, 0.4) is 0 Å². The van der Waals surface area contributed by atoms with E-state index >= 15 is 0 Å². The Morgan fingerprint density at radius 2 is 1.77 bits per heavy atom. The van der Waals surface area contributed by atoms with Crippen LogP contribution in [-0.4, -0.2) is 22.4 Å². The van der Waals surface area contributed by atoms with Crippen molar-refractivity contribution in [1.29, 1.82) is 0 Å². The van der Waals surface area contributed by atoms with Crippen LogP contribution in [0.1, 0.15) is 15.9 Å². The predicted octanol–water partition coefficient (Wildman–Crippen LogP) is 3.85. The van der Waals surface area contributed by atoms with Crippen LogP contribution < -0.4 is 4.74 Å². The molecule has 0 atom stereocenters. The molecule has 0 amide bonds. The lowest BCUT2D eigenvalue weighted by molar-refractivity contribution is -0.274. The second-order valence-corrected chi connectivity index (χ2v) is 4.08. The average Bonchev–Trinajstić information content (AvgIpc) is 2.33. The molecule has 10 heteroatoms. The number of halogens is 6. The molecule has 0 bridgehead atoms. The number of fused-ring (bicyclic) bond motifs is 1. The molecule has 2 aromatic rings. The number of carbonyl (C=O) groups is 1. The standard InChI is InChI=1S/C12H5F6NO3/c13-11(14,15)9-6-3-5(22-12(16,17)18)1-2-8(6)19-4-7(9)10(20)21/h1-4H,(H,20,21). The first-order chi connectivity index (χ1) is 9.99. The number of ether oxygens (including phenoxy) is 1. The van der Waals surface area contributed by atoms with Crippen molar-refractivity contribution in [3.05, 3.63) is 35.5 Å². The third-order valence-corrected chi connectivity index (χ3v) is 2.59. The number of carboxylic acid groups (broad SMARTS) is 1. The molecule has 22 heavy (non-hydrogen) atoms. The third-order valence-electron chi connectivity index (χ3n) is 2.59. The van der Waals surface area contributed by atoms with Crippen LogP contribution in [0.2, 0.25) is 0 Å². The zero-order valence-corrected chi connectivity index (χ0v) is 10.3. The summed E-state index contributed by atoms with van der Waals surface area (Å²) >= 11 is 0. The van der Waals surface area contributed by atoms with Gasteiger partial charge >= 0.3 is 18.5 Å². The van der Waals surface area contributed by atoms with E-state index in [0.29, 0.717) is 12.3 Å². The van der Waals surface area contributed by atoms with Gasteiger partial charge in [0.25, 0.3) is 0 Å². The van der Waals surface area contributed by atoms with E-state index in [4.69, 9.17) is 5.11 Å². The molecule has 1 aromatic carbocycles. The minimum atomic E-state index is -5.09. The molecule has 0 unspecified atom stereocenters. The van der Waals surface area contributed by atoms with Gasteiger partial charge in [-0.2, -0.15) is 13.2 Å². The maximum atomic E-state index is 13.1. The number of aromatic carboxylic acids is 1. The fraction of sp³-hybridized carbons (Fsp3) is 0.167. The number of carboxylic acids is 1. The van der Waals surface area contributed by atoms with Gasteiger partial charge in [0.15, 0.2) is 0 Å². The quantitative estimate of drug-likeness (QED) is 0.852. The summed E-state index contributed by atoms with van der Waals surface area (Å²) in [7, 11) is 0. The van der Waals surface area contributed by atoms with Gasteiger partial charge in [-0.3, -0.25) is 4.98 Å². The van der Waals surface area contributed by atoms with Gasteiger partial charge in [-0.05, 0) is 18.2 Å². The molecule has 0 saturated heterocycles. The predicted molar refractivity (Wildman–Crippen MR) is 60.4 cm³/mol. The van der Waals surface area contributed by atoms with Crippen LogP contribution in [-0.2, 0) is 6.18 Å². The average molecular weight is 325 g/mol. The molecule has 1 heterocycles. The molecule has 118 valence electrons. The highest BCUT2D eigenvalue weighted by atomic mass is 19.4. The minimum Gasteiger partial charge on any atom is -0.478 e. The summed E-state index contributed by atoms with van der Waals surface area (Å²) in [6.45, 7) is 0. The Morgan fingerprint density at radius 3 is 2.27 bits per heavy atom. The molecule has 4 nitrogen and oxygen atoms in total. The molecule has 1 aromatic heterocycles. The van der Waals surface area contributed by atoms with Gasteiger partial charge in [-0.1, -0.05) is 0 Å². The molecule has 1 N–H and O–H groups in total. The van der Waals surface area contributed by atoms with Crippen molar-refractivity contribution >= 4 is 16.9 Å². The summed E-state index contributed by atoms with van der Waals surface area (Å²) in [5, 5.41) is 8.00. The van der Waals surface area contributed by atoms with Crippen molar-refractivity contribution < 1.29 is 41.0 Å². The van der Waals surface area contributed by atoms with Crippen molar-refractivity contribution in [2.75, 3.05) is 0 Å². The van der Waals surface area contributed by atoms with Crippen LogP contribution in [0.4, 0.5) is 26.3 Å². The van der Waals surface area contributed by atoms with Crippen LogP contribution in [0.5, 0.6) is 5.75 Å². The molecule has 0 spiro atoms. The highest BCUT2D eigenvalue weighted by molar-refractivity contribution is 5.96. The van der Waals surface area contributed by atoms with E-state index in [0.717, 1.165) is 12.1 Å². The molecule has 0 aliphatic carbocycles. The van der Waals surface area contributed by atoms with E-state index in [1.165, 1.54) is 0 Å². The number of nitrogens with zero attached hydrogens (tertiary/aromatic N) is 1. The number of rotatable bonds is 2. The van der Waals surface area contributed by atoms with Crippen LogP contribution >= 0.6 is 0 Å². The van der Waals surface area contributed by atoms with Crippen molar-refractivity contribution in [3.8, 4) is 5.75 Å². The normalized spacial score (nSPS) is 12.5. The van der Waals surface area contributed by atoms with E-state index < -0.39 is 40.8 Å². The van der Waals surface area contributed by atoms with Gasteiger partial charge in [0.1, 0.15) is 5.75 Å². The first kappa shape index (κ1) is 15.9. The second kappa shape index (κ2) is 5.04. The molecule has 2 rings (SSSR count). The number of benzene rings is 1. The lowest BCUT2D eigenvalue weighted by Gasteiger charge is -2.14. The fourth-order valence-corrected chi connectivity index (χ4v) is 1.84. The zero-order valence-electron chi connectivity index (χ0n) is 10.3. The second-order valence-electron chi connectivity index (χ2n) is 4.08. The van der Waals surface area contributed by atoms with E-state index in [1.807, 2.05) is 0 Å². The van der Waals surface area contributed by atoms with E-state index in [9.17, 15) is 31.1 Å². The summed E-state index contributed by atoms with van der Waals surface area (Å²) < 4.78 is 79.1. The first-order valence-electron chi connectivity index (χ1n) is 5.48. The Morgan fingerprint density at radius 1 is 1.14 bits per heavy atom. The SMILES string of the molecule is O=C(O)c1cnc2ccc(OC(F)(F)F)cc2c1C(F)(F)F. The maximum absolute atomic E-state index is 13.1. The Hall–Kier alpha value is -2.52. The Balaban J connectivity index is 2.75. The van der Waals surface area contributed by atoms with Gasteiger partial charge < -0.3 is 9.84 Å². The van der Waals surface area contributed by atoms with E-state index in [-0.39, 0.29) is 5.52 Å². The van der Waals surface area contributed by atoms with Gasteiger partial charge in [0.2, 0.25) is 0 Å². The molecule has 0 aliphatic rings. The smallest absolute Gasteiger partial charge is 0.478 e. The summed E-state index contributed by atoms with van der Waals surface area (Å²) in [5.74, 6) is -2.81. The number of pyridine rings is 1. The van der Waals surface area contributed by atoms with Crippen molar-refractivity contribution in [2.45, 2.75) is 12.5 Å². The van der Waals surface area contributed by atoms with Crippen LogP contribution in [0.25, 0.3) is 10.9 Å². The number of aromatic nitrogens is 1. The van der Waals surface area contributed by atoms with E-state index in [2.05, 4.69) is 9.72 Å². The van der Waals surface area contributed by atoms with E-state index in [1.54, 1.807) is 0 Å². The highest BCUT2D eigenvalue weighted by Crippen LogP contribution is 2.38. The topological polar surface area (TPSA) is 59.4 Å². The Labute approximate surface area is 117 Å². The van der Waals surface area contributed by atoms with Crippen LogP contribution in [0.15, 0.2) is 24.4 Å². The number of hydrogen-bond acceptors (Lipinski definition) is 3. The monoisotopic (exact) mass is 325 g/mol. The molecule has 0 aliphatic heterocycles. The molecular formula is C12H5F6NO3. The largest absolute Gasteiger partial charge is 0.573 e. The summed E-state index contributed by atoms with van der Waals surface area (Å²) in [5.41, 5.74) is -3.06.